The molecule has 1 aromatic rings. The fourth-order valence-electron chi connectivity index (χ4n) is 0.764. The highest BCUT2D eigenvalue weighted by atomic mass is 79.9. The van der Waals surface area contributed by atoms with Crippen LogP contribution in [0.15, 0.2) is 10.6 Å². The Morgan fingerprint density at radius 3 is 3.00 bits per heavy atom. The van der Waals surface area contributed by atoms with Crippen molar-refractivity contribution in [1.82, 2.24) is 5.16 Å². The summed E-state index contributed by atoms with van der Waals surface area (Å²) in [6, 6.07) is 1.79. The molecule has 0 aromatic carbocycles. The third kappa shape index (κ3) is 2.54. The molecule has 0 aliphatic carbocycles. The number of alkyl halides is 1. The maximum atomic E-state index is 4.96. The molecule has 0 fully saturated rings. The highest BCUT2D eigenvalue weighted by Gasteiger charge is 2.05. The van der Waals surface area contributed by atoms with Gasteiger partial charge in [0.1, 0.15) is 5.76 Å². The van der Waals surface area contributed by atoms with E-state index in [1.54, 1.807) is 13.2 Å². The van der Waals surface area contributed by atoms with Crippen molar-refractivity contribution in [3.63, 3.8) is 0 Å². The second-order valence-electron chi connectivity index (χ2n) is 2.32. The summed E-state index contributed by atoms with van der Waals surface area (Å²) >= 11 is 3.41. The average Bonchev–Trinajstić information content (AvgIpc) is 2.34. The van der Waals surface area contributed by atoms with Crippen LogP contribution < -0.4 is 4.74 Å². The first kappa shape index (κ1) is 8.59. The number of halogens is 1. The van der Waals surface area contributed by atoms with Gasteiger partial charge < -0.3 is 9.26 Å². The molecule has 11 heavy (non-hydrogen) atoms. The van der Waals surface area contributed by atoms with Crippen molar-refractivity contribution in [2.75, 3.05) is 7.11 Å². The van der Waals surface area contributed by atoms with E-state index in [0.717, 1.165) is 12.2 Å². The smallest absolute Gasteiger partial charge is 0.254 e. The van der Waals surface area contributed by atoms with Crippen LogP contribution in [0.2, 0.25) is 0 Å². The molecule has 4 heteroatoms. The van der Waals surface area contributed by atoms with Crippen LogP contribution in [0.1, 0.15) is 12.7 Å². The normalized spacial score (nSPS) is 13.0. The molecule has 62 valence electrons. The summed E-state index contributed by atoms with van der Waals surface area (Å²) in [5.74, 6) is 1.37. The van der Waals surface area contributed by atoms with Gasteiger partial charge >= 0.3 is 0 Å². The molecule has 0 bridgehead atoms. The number of ether oxygens (including phenoxy) is 1. The molecule has 0 amide bonds. The molecule has 0 radical (unpaired) electrons. The van der Waals surface area contributed by atoms with E-state index >= 15 is 0 Å². The van der Waals surface area contributed by atoms with Gasteiger partial charge in [0.2, 0.25) is 0 Å². The summed E-state index contributed by atoms with van der Waals surface area (Å²) in [7, 11) is 1.57. The standard InChI is InChI=1S/C7H10BrNO2/c1-5(8)3-6-4-7(10-2)9-11-6/h4-5H,3H2,1-2H3. The summed E-state index contributed by atoms with van der Waals surface area (Å²) in [6.45, 7) is 2.05. The van der Waals surface area contributed by atoms with E-state index in [0.29, 0.717) is 10.7 Å². The van der Waals surface area contributed by atoms with Gasteiger partial charge in [0.25, 0.3) is 5.88 Å². The minimum atomic E-state index is 0.403. The molecule has 1 atom stereocenters. The SMILES string of the molecule is COc1cc(CC(C)Br)on1. The molecule has 0 aliphatic heterocycles. The van der Waals surface area contributed by atoms with E-state index in [9.17, 15) is 0 Å². The zero-order valence-corrected chi connectivity index (χ0v) is 8.09. The summed E-state index contributed by atoms with van der Waals surface area (Å²) in [6.07, 6.45) is 0.830. The third-order valence-electron chi connectivity index (χ3n) is 1.23. The minimum absolute atomic E-state index is 0.403. The van der Waals surface area contributed by atoms with E-state index in [1.165, 1.54) is 0 Å². The Bertz CT molecular complexity index is 222. The van der Waals surface area contributed by atoms with Gasteiger partial charge in [-0.05, 0) is 5.16 Å². The van der Waals surface area contributed by atoms with Crippen molar-refractivity contribution < 1.29 is 9.26 Å². The van der Waals surface area contributed by atoms with Crippen molar-refractivity contribution in [3.05, 3.63) is 11.8 Å². The lowest BCUT2D eigenvalue weighted by Gasteiger charge is -1.94. The van der Waals surface area contributed by atoms with Crippen molar-refractivity contribution in [3.8, 4) is 5.88 Å². The summed E-state index contributed by atoms with van der Waals surface area (Å²) in [5, 5.41) is 3.67. The zero-order valence-electron chi connectivity index (χ0n) is 6.50. The van der Waals surface area contributed by atoms with Gasteiger partial charge in [-0.25, -0.2) is 0 Å². The topological polar surface area (TPSA) is 35.3 Å². The van der Waals surface area contributed by atoms with Crippen LogP contribution in [0.25, 0.3) is 0 Å². The van der Waals surface area contributed by atoms with Crippen LogP contribution >= 0.6 is 15.9 Å². The molecule has 1 aromatic heterocycles. The Hall–Kier alpha value is -0.510. The Morgan fingerprint density at radius 2 is 2.55 bits per heavy atom. The van der Waals surface area contributed by atoms with E-state index in [-0.39, 0.29) is 0 Å². The predicted molar refractivity (Wildman–Crippen MR) is 45.1 cm³/mol. The van der Waals surface area contributed by atoms with Crippen LogP contribution in [0.3, 0.4) is 0 Å². The van der Waals surface area contributed by atoms with Crippen LogP contribution in [0.5, 0.6) is 5.88 Å². The van der Waals surface area contributed by atoms with Gasteiger partial charge in [-0.1, -0.05) is 22.9 Å². The van der Waals surface area contributed by atoms with Crippen molar-refractivity contribution in [1.29, 1.82) is 0 Å². The summed E-state index contributed by atoms with van der Waals surface area (Å²) in [4.78, 5) is 0.403. The second kappa shape index (κ2) is 3.76. The molecule has 0 saturated heterocycles. The van der Waals surface area contributed by atoms with E-state index in [1.807, 2.05) is 0 Å². The maximum absolute atomic E-state index is 4.96. The Balaban J connectivity index is 2.58. The average molecular weight is 220 g/mol. The third-order valence-corrected chi connectivity index (χ3v) is 1.55. The van der Waals surface area contributed by atoms with Gasteiger partial charge in [-0.3, -0.25) is 0 Å². The van der Waals surface area contributed by atoms with Crippen molar-refractivity contribution >= 4 is 15.9 Å². The minimum Gasteiger partial charge on any atom is -0.479 e. The highest BCUT2D eigenvalue weighted by molar-refractivity contribution is 9.09. The molecular formula is C7H10BrNO2. The summed E-state index contributed by atoms with van der Waals surface area (Å²) < 4.78 is 9.82. The van der Waals surface area contributed by atoms with Crippen LogP contribution in [0.4, 0.5) is 0 Å². The van der Waals surface area contributed by atoms with Gasteiger partial charge in [0.15, 0.2) is 0 Å². The van der Waals surface area contributed by atoms with E-state index in [2.05, 4.69) is 28.0 Å². The lowest BCUT2D eigenvalue weighted by atomic mass is 10.3. The first-order chi connectivity index (χ1) is 5.22. The Morgan fingerprint density at radius 1 is 1.82 bits per heavy atom. The number of nitrogens with zero attached hydrogens (tertiary/aromatic N) is 1. The van der Waals surface area contributed by atoms with Crippen molar-refractivity contribution in [2.24, 2.45) is 0 Å². The molecule has 1 unspecified atom stereocenters. The Kier molecular flexibility index (Phi) is 2.93. The van der Waals surface area contributed by atoms with Crippen LogP contribution in [-0.2, 0) is 6.42 Å². The van der Waals surface area contributed by atoms with Crippen LogP contribution in [0, 0.1) is 0 Å². The quantitative estimate of drug-likeness (QED) is 0.731. The van der Waals surface area contributed by atoms with Gasteiger partial charge in [-0.2, -0.15) is 0 Å². The lowest BCUT2D eigenvalue weighted by Crippen LogP contribution is -1.93. The maximum Gasteiger partial charge on any atom is 0.254 e. The number of hydrogen-bond acceptors (Lipinski definition) is 3. The summed E-state index contributed by atoms with van der Waals surface area (Å²) in [5.41, 5.74) is 0. The number of rotatable bonds is 3. The predicted octanol–water partition coefficient (Wildman–Crippen LogP) is 2.01. The van der Waals surface area contributed by atoms with E-state index < -0.39 is 0 Å². The number of aromatic nitrogens is 1. The fourth-order valence-corrected chi connectivity index (χ4v) is 1.08. The van der Waals surface area contributed by atoms with Gasteiger partial charge in [0, 0.05) is 17.3 Å². The first-order valence-corrected chi connectivity index (χ1v) is 4.27. The van der Waals surface area contributed by atoms with Gasteiger partial charge in [-0.15, -0.1) is 0 Å². The molecule has 1 heterocycles. The molecule has 0 N–H and O–H groups in total. The fraction of sp³-hybridized carbons (Fsp3) is 0.571. The molecule has 0 saturated carbocycles. The molecular weight excluding hydrogens is 210 g/mol. The molecule has 0 aliphatic rings. The van der Waals surface area contributed by atoms with Gasteiger partial charge in [0.05, 0.1) is 7.11 Å². The highest BCUT2D eigenvalue weighted by Crippen LogP contribution is 2.14. The van der Waals surface area contributed by atoms with Crippen LogP contribution in [-0.4, -0.2) is 17.1 Å². The van der Waals surface area contributed by atoms with E-state index in [4.69, 9.17) is 9.26 Å². The number of methoxy groups -OCH3 is 1. The van der Waals surface area contributed by atoms with Crippen molar-refractivity contribution in [2.45, 2.75) is 18.2 Å². The lowest BCUT2D eigenvalue weighted by molar-refractivity contribution is 0.326. The number of hydrogen-bond donors (Lipinski definition) is 0. The zero-order chi connectivity index (χ0) is 8.27. The Labute approximate surface area is 73.8 Å². The second-order valence-corrected chi connectivity index (χ2v) is 3.88. The first-order valence-electron chi connectivity index (χ1n) is 3.36. The molecule has 1 rings (SSSR count). The molecule has 0 spiro atoms. The largest absolute Gasteiger partial charge is 0.479 e. The monoisotopic (exact) mass is 219 g/mol. The molecule has 3 nitrogen and oxygen atoms in total.